The number of aryl methyl sites for hydroxylation is 1. The fourth-order valence-electron chi connectivity index (χ4n) is 2.72. The Morgan fingerprint density at radius 2 is 2.12 bits per heavy atom. The van der Waals surface area contributed by atoms with Crippen LogP contribution in [0.3, 0.4) is 0 Å². The summed E-state index contributed by atoms with van der Waals surface area (Å²) in [5.41, 5.74) is 0. The van der Waals surface area contributed by atoms with Crippen LogP contribution in [0.25, 0.3) is 0 Å². The van der Waals surface area contributed by atoms with Crippen molar-refractivity contribution in [3.8, 4) is 5.75 Å². The third-order valence-electron chi connectivity index (χ3n) is 4.37. The molecule has 138 valence electrons. The fraction of sp³-hybridized carbons (Fsp3) is 0.389. The molecule has 3 rings (SSSR count). The minimum absolute atomic E-state index is 0.0467. The largest absolute Gasteiger partial charge is 0.481 e. The van der Waals surface area contributed by atoms with Crippen molar-refractivity contribution >= 4 is 11.8 Å². The summed E-state index contributed by atoms with van der Waals surface area (Å²) >= 11 is 0. The van der Waals surface area contributed by atoms with Crippen LogP contribution in [-0.2, 0) is 16.1 Å². The van der Waals surface area contributed by atoms with Crippen LogP contribution in [0.1, 0.15) is 5.82 Å². The predicted molar refractivity (Wildman–Crippen MR) is 91.9 cm³/mol. The maximum Gasteiger partial charge on any atom is 0.260 e. The third kappa shape index (κ3) is 4.19. The average Bonchev–Trinajstić information content (AvgIpc) is 2.98. The fourth-order valence-corrected chi connectivity index (χ4v) is 2.72. The highest BCUT2D eigenvalue weighted by atomic mass is 19.1. The molecule has 0 bridgehead atoms. The molecule has 1 aliphatic rings. The number of carbonyl (C=O) groups is 2. The molecule has 26 heavy (non-hydrogen) atoms. The second kappa shape index (κ2) is 7.99. The maximum absolute atomic E-state index is 13.4. The van der Waals surface area contributed by atoms with Crippen molar-refractivity contribution in [3.63, 3.8) is 0 Å². The standard InChI is InChI=1S/C18H21FN4O3/c1-13-20-6-8-22(13)9-7-21-18(25)14-10-23(11-14)17(24)12-26-16-5-3-2-4-15(16)19/h2-6,8,14H,7,9-12H2,1H3,(H,21,25). The Kier molecular flexibility index (Phi) is 5.50. The van der Waals surface area contributed by atoms with Gasteiger partial charge in [0.1, 0.15) is 5.82 Å². The number of para-hydroxylation sites is 1. The van der Waals surface area contributed by atoms with Gasteiger partial charge in [0.25, 0.3) is 5.91 Å². The zero-order chi connectivity index (χ0) is 18.5. The SMILES string of the molecule is Cc1nccn1CCNC(=O)C1CN(C(=O)COc2ccccc2F)C1. The summed E-state index contributed by atoms with van der Waals surface area (Å²) in [6.45, 7) is 3.54. The number of ether oxygens (including phenoxy) is 1. The van der Waals surface area contributed by atoms with Crippen LogP contribution in [-0.4, -0.2) is 52.5 Å². The highest BCUT2D eigenvalue weighted by Crippen LogP contribution is 2.18. The van der Waals surface area contributed by atoms with Gasteiger partial charge in [0.05, 0.1) is 5.92 Å². The molecule has 7 nitrogen and oxygen atoms in total. The Morgan fingerprint density at radius 3 is 2.81 bits per heavy atom. The lowest BCUT2D eigenvalue weighted by atomic mass is 9.99. The van der Waals surface area contributed by atoms with Crippen molar-refractivity contribution in [2.45, 2.75) is 13.5 Å². The Hall–Kier alpha value is -2.90. The van der Waals surface area contributed by atoms with E-state index in [0.29, 0.717) is 26.2 Å². The summed E-state index contributed by atoms with van der Waals surface area (Å²) in [5, 5.41) is 2.87. The van der Waals surface area contributed by atoms with Crippen LogP contribution in [0.2, 0.25) is 0 Å². The van der Waals surface area contributed by atoms with Crippen LogP contribution >= 0.6 is 0 Å². The average molecular weight is 360 g/mol. The van der Waals surface area contributed by atoms with E-state index in [9.17, 15) is 14.0 Å². The molecule has 0 unspecified atom stereocenters. The molecule has 0 spiro atoms. The first-order valence-electron chi connectivity index (χ1n) is 8.45. The van der Waals surface area contributed by atoms with E-state index in [2.05, 4.69) is 10.3 Å². The van der Waals surface area contributed by atoms with Gasteiger partial charge in [-0.05, 0) is 19.1 Å². The van der Waals surface area contributed by atoms with Crippen molar-refractivity contribution in [1.82, 2.24) is 19.8 Å². The molecule has 2 aromatic rings. The summed E-state index contributed by atoms with van der Waals surface area (Å²) in [4.78, 5) is 29.8. The number of halogens is 1. The number of hydrogen-bond acceptors (Lipinski definition) is 4. The zero-order valence-electron chi connectivity index (χ0n) is 14.5. The maximum atomic E-state index is 13.4. The van der Waals surface area contributed by atoms with Crippen molar-refractivity contribution in [2.75, 3.05) is 26.2 Å². The molecule has 2 heterocycles. The lowest BCUT2D eigenvalue weighted by Crippen LogP contribution is -2.57. The molecule has 0 atom stereocenters. The summed E-state index contributed by atoms with van der Waals surface area (Å²) in [7, 11) is 0. The van der Waals surface area contributed by atoms with Gasteiger partial charge in [-0.25, -0.2) is 9.37 Å². The van der Waals surface area contributed by atoms with E-state index in [-0.39, 0.29) is 30.1 Å². The van der Waals surface area contributed by atoms with Gasteiger partial charge in [0.2, 0.25) is 5.91 Å². The van der Waals surface area contributed by atoms with Crippen LogP contribution < -0.4 is 10.1 Å². The summed E-state index contributed by atoms with van der Waals surface area (Å²) in [5.74, 6) is -0.0984. The lowest BCUT2D eigenvalue weighted by Gasteiger charge is -2.38. The molecule has 1 saturated heterocycles. The van der Waals surface area contributed by atoms with E-state index < -0.39 is 5.82 Å². The molecule has 1 N–H and O–H groups in total. The number of rotatable bonds is 7. The van der Waals surface area contributed by atoms with Gasteiger partial charge in [-0.3, -0.25) is 9.59 Å². The Bertz CT molecular complexity index is 786. The highest BCUT2D eigenvalue weighted by Gasteiger charge is 2.35. The number of nitrogens with zero attached hydrogens (tertiary/aromatic N) is 3. The molecular weight excluding hydrogens is 339 g/mol. The van der Waals surface area contributed by atoms with Gasteiger partial charge < -0.3 is 19.5 Å². The first-order chi connectivity index (χ1) is 12.5. The van der Waals surface area contributed by atoms with Crippen molar-refractivity contribution in [1.29, 1.82) is 0 Å². The van der Waals surface area contributed by atoms with E-state index in [4.69, 9.17) is 4.74 Å². The molecule has 8 heteroatoms. The van der Waals surface area contributed by atoms with Crippen LogP contribution in [0, 0.1) is 18.7 Å². The summed E-state index contributed by atoms with van der Waals surface area (Å²) in [6.07, 6.45) is 3.58. The zero-order valence-corrected chi connectivity index (χ0v) is 14.5. The van der Waals surface area contributed by atoms with E-state index in [0.717, 1.165) is 5.82 Å². The van der Waals surface area contributed by atoms with Crippen molar-refractivity contribution in [2.24, 2.45) is 5.92 Å². The quantitative estimate of drug-likeness (QED) is 0.799. The molecular formula is C18H21FN4O3. The molecule has 0 aliphatic carbocycles. The second-order valence-corrected chi connectivity index (χ2v) is 6.17. The topological polar surface area (TPSA) is 76.5 Å². The summed E-state index contributed by atoms with van der Waals surface area (Å²) in [6, 6.07) is 5.93. The van der Waals surface area contributed by atoms with Gasteiger partial charge >= 0.3 is 0 Å². The van der Waals surface area contributed by atoms with Crippen molar-refractivity contribution < 1.29 is 18.7 Å². The minimum atomic E-state index is -0.505. The lowest BCUT2D eigenvalue weighted by molar-refractivity contribution is -0.144. The number of nitrogens with one attached hydrogen (secondary N) is 1. The smallest absolute Gasteiger partial charge is 0.260 e. The Morgan fingerprint density at radius 1 is 1.35 bits per heavy atom. The van der Waals surface area contributed by atoms with Gasteiger partial charge in [-0.1, -0.05) is 12.1 Å². The Labute approximate surface area is 150 Å². The minimum Gasteiger partial charge on any atom is -0.481 e. The van der Waals surface area contributed by atoms with E-state index in [1.54, 1.807) is 18.3 Å². The Balaban J connectivity index is 1.35. The third-order valence-corrected chi connectivity index (χ3v) is 4.37. The molecule has 1 aromatic heterocycles. The number of amides is 2. The molecule has 1 fully saturated rings. The monoisotopic (exact) mass is 360 g/mol. The summed E-state index contributed by atoms with van der Waals surface area (Å²) < 4.78 is 20.6. The van der Waals surface area contributed by atoms with Gasteiger partial charge in [-0.15, -0.1) is 0 Å². The van der Waals surface area contributed by atoms with Crippen LogP contribution in [0.5, 0.6) is 5.75 Å². The normalized spacial score (nSPS) is 14.0. The molecule has 0 radical (unpaired) electrons. The molecule has 2 amide bonds. The van der Waals surface area contributed by atoms with Crippen LogP contribution in [0.15, 0.2) is 36.7 Å². The highest BCUT2D eigenvalue weighted by molar-refractivity contribution is 5.85. The van der Waals surface area contributed by atoms with Crippen LogP contribution in [0.4, 0.5) is 4.39 Å². The van der Waals surface area contributed by atoms with Crippen molar-refractivity contribution in [3.05, 3.63) is 48.3 Å². The second-order valence-electron chi connectivity index (χ2n) is 6.17. The number of aromatic nitrogens is 2. The number of benzene rings is 1. The molecule has 1 aromatic carbocycles. The number of imidazole rings is 1. The number of likely N-dealkylation sites (tertiary alicyclic amines) is 1. The predicted octanol–water partition coefficient (Wildman–Crippen LogP) is 0.984. The first-order valence-corrected chi connectivity index (χ1v) is 8.45. The molecule has 0 saturated carbocycles. The number of carbonyl (C=O) groups excluding carboxylic acids is 2. The number of hydrogen-bond donors (Lipinski definition) is 1. The first kappa shape index (κ1) is 17.9. The van der Waals surface area contributed by atoms with Gasteiger partial charge in [0, 0.05) is 38.6 Å². The molecule has 1 aliphatic heterocycles. The van der Waals surface area contributed by atoms with E-state index in [1.807, 2.05) is 17.7 Å². The van der Waals surface area contributed by atoms with E-state index >= 15 is 0 Å². The van der Waals surface area contributed by atoms with Gasteiger partial charge in [-0.2, -0.15) is 0 Å². The van der Waals surface area contributed by atoms with Gasteiger partial charge in [0.15, 0.2) is 18.2 Å². The van der Waals surface area contributed by atoms with E-state index in [1.165, 1.54) is 17.0 Å².